The van der Waals surface area contributed by atoms with Crippen molar-refractivity contribution < 1.29 is 13.2 Å². The Bertz CT molecular complexity index is 1320. The lowest BCUT2D eigenvalue weighted by Gasteiger charge is -2.34. The van der Waals surface area contributed by atoms with Crippen molar-refractivity contribution in [2.75, 3.05) is 45.2 Å². The van der Waals surface area contributed by atoms with Crippen molar-refractivity contribution in [3.63, 3.8) is 0 Å². The molecule has 0 N–H and O–H groups in total. The molecule has 0 aliphatic carbocycles. The van der Waals surface area contributed by atoms with Gasteiger partial charge in [-0.3, -0.25) is 14.2 Å². The molecule has 2 aromatic carbocycles. The number of anilines is 1. The summed E-state index contributed by atoms with van der Waals surface area (Å²) < 4.78 is 30.2. The number of amides is 1. The maximum absolute atomic E-state index is 13.2. The van der Waals surface area contributed by atoms with Gasteiger partial charge in [0, 0.05) is 58.1 Å². The number of nitrogens with zero attached hydrogens (tertiary/aromatic N) is 4. The van der Waals surface area contributed by atoms with Gasteiger partial charge in [0.25, 0.3) is 5.91 Å². The molecule has 8 nitrogen and oxygen atoms in total. The number of piperazine rings is 1. The van der Waals surface area contributed by atoms with Crippen molar-refractivity contribution in [3.05, 3.63) is 57.7 Å². The van der Waals surface area contributed by atoms with Gasteiger partial charge in [0.15, 0.2) is 0 Å². The predicted octanol–water partition coefficient (Wildman–Crippen LogP) is 2.69. The van der Waals surface area contributed by atoms with Gasteiger partial charge in [0.1, 0.15) is 0 Å². The average molecular weight is 489 g/mol. The lowest BCUT2D eigenvalue weighted by Crippen LogP contribution is -2.50. The van der Waals surface area contributed by atoms with Crippen molar-refractivity contribution in [1.82, 2.24) is 13.8 Å². The molecule has 1 saturated heterocycles. The van der Waals surface area contributed by atoms with E-state index in [2.05, 4.69) is 0 Å². The summed E-state index contributed by atoms with van der Waals surface area (Å²) in [5.41, 5.74) is 2.37. The fourth-order valence-corrected chi connectivity index (χ4v) is 6.49. The molecule has 1 amide bonds. The minimum absolute atomic E-state index is 0.0767. The summed E-state index contributed by atoms with van der Waals surface area (Å²) in [5, 5.41) is 0. The Morgan fingerprint density at radius 2 is 1.70 bits per heavy atom. The van der Waals surface area contributed by atoms with Gasteiger partial charge in [-0.2, -0.15) is 4.31 Å². The average Bonchev–Trinajstić information content (AvgIpc) is 3.13. The molecule has 2 heterocycles. The highest BCUT2D eigenvalue weighted by molar-refractivity contribution is 7.89. The van der Waals surface area contributed by atoms with Crippen molar-refractivity contribution in [1.29, 1.82) is 0 Å². The van der Waals surface area contributed by atoms with Crippen LogP contribution in [0.25, 0.3) is 10.2 Å². The number of thiazole rings is 1. The molecule has 1 fully saturated rings. The third-order valence-corrected chi connectivity index (χ3v) is 8.72. The van der Waals surface area contributed by atoms with Crippen LogP contribution in [0.15, 0.2) is 52.2 Å². The topological polar surface area (TPSA) is 82.9 Å². The van der Waals surface area contributed by atoms with Crippen LogP contribution in [-0.2, 0) is 16.6 Å². The molecular formula is C23H28N4O4S2. The van der Waals surface area contributed by atoms with Gasteiger partial charge in [0.05, 0.1) is 15.1 Å². The van der Waals surface area contributed by atoms with Crippen LogP contribution in [0.4, 0.5) is 5.69 Å². The number of sulfonamides is 1. The molecule has 176 valence electrons. The highest BCUT2D eigenvalue weighted by Gasteiger charge is 2.31. The molecule has 1 aromatic heterocycles. The van der Waals surface area contributed by atoms with Crippen LogP contribution in [0, 0.1) is 0 Å². The van der Waals surface area contributed by atoms with Gasteiger partial charge in [0.2, 0.25) is 10.0 Å². The number of fused-ring (bicyclic) bond motifs is 1. The maximum atomic E-state index is 13.2. The summed E-state index contributed by atoms with van der Waals surface area (Å²) in [5.74, 6) is -0.0965. The second kappa shape index (κ2) is 9.28. The van der Waals surface area contributed by atoms with E-state index in [4.69, 9.17) is 0 Å². The molecule has 10 heteroatoms. The van der Waals surface area contributed by atoms with Crippen LogP contribution < -0.4 is 9.77 Å². The first-order chi connectivity index (χ1) is 15.7. The zero-order valence-corrected chi connectivity index (χ0v) is 20.7. The van der Waals surface area contributed by atoms with Crippen molar-refractivity contribution in [2.24, 2.45) is 0 Å². The number of hydrogen-bond donors (Lipinski definition) is 0. The molecule has 1 aliphatic rings. The summed E-state index contributed by atoms with van der Waals surface area (Å²) >= 11 is 1.07. The number of aromatic nitrogens is 1. The first kappa shape index (κ1) is 23.5. The minimum atomic E-state index is -3.71. The van der Waals surface area contributed by atoms with Crippen LogP contribution in [0.5, 0.6) is 0 Å². The molecule has 3 aromatic rings. The smallest absolute Gasteiger partial charge is 0.308 e. The zero-order valence-electron chi connectivity index (χ0n) is 19.0. The monoisotopic (exact) mass is 488 g/mol. The Labute approximate surface area is 197 Å². The van der Waals surface area contributed by atoms with Crippen LogP contribution >= 0.6 is 11.3 Å². The normalized spacial score (nSPS) is 15.2. The van der Waals surface area contributed by atoms with E-state index in [9.17, 15) is 18.0 Å². The Morgan fingerprint density at radius 1 is 1.03 bits per heavy atom. The summed E-state index contributed by atoms with van der Waals surface area (Å²) in [6, 6.07) is 12.3. The van der Waals surface area contributed by atoms with E-state index in [1.54, 1.807) is 39.8 Å². The Kier molecular flexibility index (Phi) is 6.60. The van der Waals surface area contributed by atoms with Gasteiger partial charge in [-0.1, -0.05) is 18.3 Å². The fraction of sp³-hybridized carbons (Fsp3) is 0.391. The van der Waals surface area contributed by atoms with E-state index in [1.807, 2.05) is 38.1 Å². The van der Waals surface area contributed by atoms with Crippen LogP contribution in [-0.4, -0.2) is 68.4 Å². The van der Waals surface area contributed by atoms with E-state index < -0.39 is 10.0 Å². The number of carbonyl (C=O) groups is 1. The molecule has 33 heavy (non-hydrogen) atoms. The van der Waals surface area contributed by atoms with Gasteiger partial charge in [-0.05, 0) is 48.9 Å². The van der Waals surface area contributed by atoms with Crippen molar-refractivity contribution >= 4 is 43.2 Å². The number of hydrogen-bond acceptors (Lipinski definition) is 6. The Hall–Kier alpha value is -2.69. The third-order valence-electron chi connectivity index (χ3n) is 5.88. The molecular weight excluding hydrogens is 460 g/mol. The number of benzene rings is 2. The van der Waals surface area contributed by atoms with E-state index >= 15 is 0 Å². The molecule has 0 bridgehead atoms. The Morgan fingerprint density at radius 3 is 2.30 bits per heavy atom. The second-order valence-electron chi connectivity index (χ2n) is 8.29. The third kappa shape index (κ3) is 4.55. The summed E-state index contributed by atoms with van der Waals surface area (Å²) in [6.45, 7) is 3.73. The Balaban J connectivity index is 1.47. The van der Waals surface area contributed by atoms with Crippen LogP contribution in [0.3, 0.4) is 0 Å². The van der Waals surface area contributed by atoms with Crippen LogP contribution in [0.2, 0.25) is 0 Å². The van der Waals surface area contributed by atoms with Gasteiger partial charge >= 0.3 is 4.87 Å². The van der Waals surface area contributed by atoms with Gasteiger partial charge in [-0.25, -0.2) is 8.42 Å². The zero-order chi connectivity index (χ0) is 23.8. The first-order valence-corrected chi connectivity index (χ1v) is 13.2. The maximum Gasteiger partial charge on any atom is 0.308 e. The number of carbonyl (C=O) groups excluding carboxylic acids is 1. The van der Waals surface area contributed by atoms with E-state index in [0.717, 1.165) is 29.0 Å². The molecule has 0 unspecified atom stereocenters. The van der Waals surface area contributed by atoms with Crippen molar-refractivity contribution in [2.45, 2.75) is 24.8 Å². The summed E-state index contributed by atoms with van der Waals surface area (Å²) in [4.78, 5) is 28.9. The molecule has 0 spiro atoms. The molecule has 1 aliphatic heterocycles. The van der Waals surface area contributed by atoms with Gasteiger partial charge in [-0.15, -0.1) is 0 Å². The fourth-order valence-electron chi connectivity index (χ4n) is 4.01. The lowest BCUT2D eigenvalue weighted by molar-refractivity contribution is 0.0698. The summed E-state index contributed by atoms with van der Waals surface area (Å²) in [7, 11) is 0.166. The number of aryl methyl sites for hydroxylation is 1. The minimum Gasteiger partial charge on any atom is -0.378 e. The lowest BCUT2D eigenvalue weighted by atomic mass is 10.1. The molecule has 0 atom stereocenters. The SMILES string of the molecule is CCCn1c(=O)sc2cc(S(=O)(=O)N3CCN(C(=O)c4ccc(N(C)C)cc4)CC3)ccc21. The van der Waals surface area contributed by atoms with E-state index in [1.165, 1.54) is 4.31 Å². The molecule has 4 rings (SSSR count). The van der Waals surface area contributed by atoms with E-state index in [-0.39, 0.29) is 28.8 Å². The summed E-state index contributed by atoms with van der Waals surface area (Å²) in [6.07, 6.45) is 0.828. The second-order valence-corrected chi connectivity index (χ2v) is 11.2. The number of rotatable bonds is 6. The standard InChI is InChI=1S/C23H28N4O4S2/c1-4-11-27-20-10-9-19(16-21(20)32-23(27)29)33(30,31)26-14-12-25(13-15-26)22(28)17-5-7-18(8-6-17)24(2)3/h5-10,16H,4,11-15H2,1-3H3. The first-order valence-electron chi connectivity index (χ1n) is 10.9. The van der Waals surface area contributed by atoms with Gasteiger partial charge < -0.3 is 9.80 Å². The van der Waals surface area contributed by atoms with Crippen LogP contribution in [0.1, 0.15) is 23.7 Å². The highest BCUT2D eigenvalue weighted by Crippen LogP contribution is 2.25. The van der Waals surface area contributed by atoms with E-state index in [0.29, 0.717) is 29.9 Å². The quantitative estimate of drug-likeness (QED) is 0.533. The predicted molar refractivity (Wildman–Crippen MR) is 132 cm³/mol. The molecule has 0 saturated carbocycles. The molecule has 0 radical (unpaired) electrons. The highest BCUT2D eigenvalue weighted by atomic mass is 32.2. The largest absolute Gasteiger partial charge is 0.378 e. The van der Waals surface area contributed by atoms with Crippen molar-refractivity contribution in [3.8, 4) is 0 Å².